The number of ether oxygens (including phenoxy) is 9. The Labute approximate surface area is 429 Å². The molecule has 1 aliphatic carbocycles. The van der Waals surface area contributed by atoms with Gasteiger partial charge in [0.2, 0.25) is 11.8 Å². The van der Waals surface area contributed by atoms with Crippen LogP contribution in [0.2, 0.25) is 0 Å². The summed E-state index contributed by atoms with van der Waals surface area (Å²) in [7, 11) is 0. The summed E-state index contributed by atoms with van der Waals surface area (Å²) in [5.41, 5.74) is 2.06. The van der Waals surface area contributed by atoms with E-state index in [9.17, 15) is 28.8 Å². The number of carbonyl (C=O) groups is 6. The van der Waals surface area contributed by atoms with Gasteiger partial charge in [0.05, 0.1) is 85.9 Å². The van der Waals surface area contributed by atoms with Gasteiger partial charge in [-0.05, 0) is 99.9 Å². The number of hydrogen-bond acceptors (Lipinski definition) is 16. The first-order chi connectivity index (χ1) is 35.8. The maximum absolute atomic E-state index is 13.1. The van der Waals surface area contributed by atoms with Crippen LogP contribution in [0.5, 0.6) is 5.75 Å². The predicted molar refractivity (Wildman–Crippen MR) is 271 cm³/mol. The fraction of sp³-hybridized carbons (Fsp3) is 0.585. The highest BCUT2D eigenvalue weighted by molar-refractivity contribution is 6.13. The SMILES string of the molecule is O=C(CCOCCOCCOCCOCCNC(=O)CCN1C(=O)C=CC1=O)NCCCOc1ccc(C(=O)c2ccc(NCCCOCCOCCOCCCNC(=O)OC3CCC=CCCC3)cc2)cc1. The molecular formula is C53H77N5O15. The van der Waals surface area contributed by atoms with Gasteiger partial charge in [-0.25, -0.2) is 4.79 Å². The normalized spacial score (nSPS) is 14.4. The van der Waals surface area contributed by atoms with Crippen LogP contribution in [0.25, 0.3) is 0 Å². The molecule has 4 rings (SSSR count). The maximum atomic E-state index is 13.1. The molecule has 404 valence electrons. The topological polar surface area (TPSA) is 237 Å². The summed E-state index contributed by atoms with van der Waals surface area (Å²) in [6.07, 6.45) is 13.6. The van der Waals surface area contributed by atoms with Gasteiger partial charge < -0.3 is 63.9 Å². The van der Waals surface area contributed by atoms with Gasteiger partial charge >= 0.3 is 6.09 Å². The maximum Gasteiger partial charge on any atom is 0.407 e. The highest BCUT2D eigenvalue weighted by Crippen LogP contribution is 2.18. The van der Waals surface area contributed by atoms with E-state index in [4.69, 9.17) is 42.6 Å². The molecule has 2 aromatic carbocycles. The molecule has 0 saturated carbocycles. The van der Waals surface area contributed by atoms with E-state index in [2.05, 4.69) is 33.4 Å². The zero-order valence-electron chi connectivity index (χ0n) is 42.3. The van der Waals surface area contributed by atoms with Crippen LogP contribution in [-0.4, -0.2) is 178 Å². The van der Waals surface area contributed by atoms with Crippen LogP contribution in [0.3, 0.4) is 0 Å². The number of rotatable bonds is 41. The molecule has 0 bridgehead atoms. The van der Waals surface area contributed by atoms with E-state index in [-0.39, 0.29) is 55.8 Å². The van der Waals surface area contributed by atoms with Crippen LogP contribution in [0.1, 0.15) is 80.1 Å². The van der Waals surface area contributed by atoms with Crippen molar-refractivity contribution in [2.45, 2.75) is 70.3 Å². The molecule has 1 unspecified atom stereocenters. The fourth-order valence-electron chi connectivity index (χ4n) is 7.08. The Bertz CT molecular complexity index is 1930. The van der Waals surface area contributed by atoms with Crippen LogP contribution >= 0.6 is 0 Å². The first-order valence-corrected chi connectivity index (χ1v) is 25.6. The number of hydrogen-bond donors (Lipinski definition) is 4. The average Bonchev–Trinajstić information content (AvgIpc) is 3.71. The average molecular weight is 1020 g/mol. The summed E-state index contributed by atoms with van der Waals surface area (Å²) in [6.45, 7) is 8.30. The summed E-state index contributed by atoms with van der Waals surface area (Å²) < 4.78 is 50.0. The zero-order valence-corrected chi connectivity index (χ0v) is 42.3. The van der Waals surface area contributed by atoms with Crippen molar-refractivity contribution in [3.05, 3.63) is 84.0 Å². The summed E-state index contributed by atoms with van der Waals surface area (Å²) in [6, 6.07) is 14.4. The largest absolute Gasteiger partial charge is 0.494 e. The smallest absolute Gasteiger partial charge is 0.407 e. The molecule has 0 saturated heterocycles. The van der Waals surface area contributed by atoms with Crippen LogP contribution in [0.15, 0.2) is 72.8 Å². The first kappa shape index (κ1) is 59.8. The van der Waals surface area contributed by atoms with Crippen molar-refractivity contribution in [2.24, 2.45) is 0 Å². The second kappa shape index (κ2) is 38.8. The molecule has 0 spiro atoms. The van der Waals surface area contributed by atoms with E-state index in [1.165, 1.54) is 12.2 Å². The number of amides is 5. The van der Waals surface area contributed by atoms with Gasteiger partial charge in [0.15, 0.2) is 5.78 Å². The van der Waals surface area contributed by atoms with Crippen LogP contribution in [0, 0.1) is 0 Å². The Morgan fingerprint density at radius 2 is 1.01 bits per heavy atom. The van der Waals surface area contributed by atoms with Crippen LogP contribution in [0.4, 0.5) is 10.5 Å². The number of nitrogens with zero attached hydrogens (tertiary/aromatic N) is 1. The lowest BCUT2D eigenvalue weighted by Crippen LogP contribution is -2.35. The highest BCUT2D eigenvalue weighted by Gasteiger charge is 2.23. The Morgan fingerprint density at radius 3 is 1.66 bits per heavy atom. The number of carbonyl (C=O) groups excluding carboxylic acids is 6. The number of ketones is 1. The highest BCUT2D eigenvalue weighted by atomic mass is 16.6. The number of alkyl carbamates (subject to hydrolysis) is 1. The predicted octanol–water partition coefficient (Wildman–Crippen LogP) is 4.55. The fourth-order valence-corrected chi connectivity index (χ4v) is 7.08. The third-order valence-electron chi connectivity index (χ3n) is 11.1. The van der Waals surface area contributed by atoms with Crippen molar-refractivity contribution in [3.63, 3.8) is 0 Å². The van der Waals surface area contributed by atoms with Crippen molar-refractivity contribution in [2.75, 3.05) is 137 Å². The minimum Gasteiger partial charge on any atom is -0.494 e. The first-order valence-electron chi connectivity index (χ1n) is 25.6. The lowest BCUT2D eigenvalue weighted by atomic mass is 10.0. The van der Waals surface area contributed by atoms with Crippen molar-refractivity contribution in [1.29, 1.82) is 0 Å². The standard InChI is InChI=1S/C53H77N5O15/c59-48(21-27-58-50(61)19-20-51(58)62)56-26-32-68-36-40-71-42-41-70-39-35-67-31-22-49(60)55-24-8-30-72-46-17-13-44(14-18-46)52(63)43-11-15-45(16-12-43)54-23-6-28-65-33-37-69-38-34-66-29-7-25-57-53(64)73-47-9-4-2-1-3-5-10-47/h1-2,11-20,47,54H,3-10,21-42H2,(H,55,60)(H,56,59)(H,57,64). The number of allylic oxidation sites excluding steroid dienone is 2. The van der Waals surface area contributed by atoms with Gasteiger partial charge in [-0.2, -0.15) is 0 Å². The minimum absolute atomic E-state index is 0.00809. The number of anilines is 1. The molecule has 0 fully saturated rings. The van der Waals surface area contributed by atoms with Gasteiger partial charge in [-0.15, -0.1) is 0 Å². The van der Waals surface area contributed by atoms with Crippen molar-refractivity contribution < 1.29 is 71.4 Å². The molecule has 20 heteroatoms. The monoisotopic (exact) mass is 1020 g/mol. The quantitative estimate of drug-likeness (QED) is 0.0310. The van der Waals surface area contributed by atoms with Gasteiger partial charge in [0, 0.05) is 87.7 Å². The summed E-state index contributed by atoms with van der Waals surface area (Å²) in [5, 5.41) is 11.7. The Kier molecular flexibility index (Phi) is 31.8. The molecule has 0 aromatic heterocycles. The lowest BCUT2D eigenvalue weighted by molar-refractivity contribution is -0.137. The minimum atomic E-state index is -0.410. The molecule has 2 aliphatic rings. The third kappa shape index (κ3) is 28.3. The summed E-state index contributed by atoms with van der Waals surface area (Å²) in [4.78, 5) is 73.2. The van der Waals surface area contributed by atoms with E-state index >= 15 is 0 Å². The van der Waals surface area contributed by atoms with Crippen molar-refractivity contribution >= 4 is 41.2 Å². The van der Waals surface area contributed by atoms with Crippen molar-refractivity contribution in [3.8, 4) is 5.75 Å². The zero-order chi connectivity index (χ0) is 51.8. The second-order valence-corrected chi connectivity index (χ2v) is 16.8. The molecule has 1 heterocycles. The molecule has 20 nitrogen and oxygen atoms in total. The van der Waals surface area contributed by atoms with E-state index in [0.717, 1.165) is 55.7 Å². The van der Waals surface area contributed by atoms with Gasteiger partial charge in [0.1, 0.15) is 11.9 Å². The Balaban J connectivity index is 0.864. The summed E-state index contributed by atoms with van der Waals surface area (Å²) >= 11 is 0. The number of nitrogens with one attached hydrogen (secondary N) is 4. The molecule has 5 amide bonds. The molecule has 4 N–H and O–H groups in total. The third-order valence-corrected chi connectivity index (χ3v) is 11.1. The van der Waals surface area contributed by atoms with E-state index in [1.54, 1.807) is 36.4 Å². The Hall–Kier alpha value is -5.74. The molecule has 0 radical (unpaired) electrons. The van der Waals surface area contributed by atoms with Crippen LogP contribution < -0.4 is 26.0 Å². The molecule has 73 heavy (non-hydrogen) atoms. The molecule has 2 aromatic rings. The van der Waals surface area contributed by atoms with Crippen LogP contribution in [-0.2, 0) is 57.1 Å². The molecule has 1 atom stereocenters. The lowest BCUT2D eigenvalue weighted by Gasteiger charge is -2.18. The van der Waals surface area contributed by atoms with Gasteiger partial charge in [-0.1, -0.05) is 12.2 Å². The number of imide groups is 1. The summed E-state index contributed by atoms with van der Waals surface area (Å²) in [5.74, 6) is -0.657. The van der Waals surface area contributed by atoms with Gasteiger partial charge in [-0.3, -0.25) is 28.9 Å². The van der Waals surface area contributed by atoms with Gasteiger partial charge in [0.25, 0.3) is 11.8 Å². The Morgan fingerprint density at radius 1 is 0.507 bits per heavy atom. The van der Waals surface area contributed by atoms with E-state index in [0.29, 0.717) is 142 Å². The van der Waals surface area contributed by atoms with E-state index in [1.807, 2.05) is 12.1 Å². The van der Waals surface area contributed by atoms with Crippen molar-refractivity contribution in [1.82, 2.24) is 20.9 Å². The van der Waals surface area contributed by atoms with E-state index < -0.39 is 11.8 Å². The second-order valence-electron chi connectivity index (χ2n) is 16.8. The number of benzene rings is 2. The molecule has 1 aliphatic heterocycles. The molecular weight excluding hydrogens is 947 g/mol.